The van der Waals surface area contributed by atoms with Crippen LogP contribution in [0.5, 0.6) is 0 Å². The van der Waals surface area contributed by atoms with E-state index >= 15 is 0 Å². The maximum atomic E-state index is 13.8. The van der Waals surface area contributed by atoms with Gasteiger partial charge in [-0.15, -0.1) is 0 Å². The van der Waals surface area contributed by atoms with Crippen molar-refractivity contribution in [2.24, 2.45) is 0 Å². The number of esters is 1. The Kier molecular flexibility index (Phi) is 8.79. The largest absolute Gasteiger partial charge is 0.462 e. The molecular formula is C18H24F4O2. The predicted molar refractivity (Wildman–Crippen MR) is 84.3 cm³/mol. The third-order valence-electron chi connectivity index (χ3n) is 3.76. The van der Waals surface area contributed by atoms with Crippen molar-refractivity contribution in [2.45, 2.75) is 64.5 Å². The summed E-state index contributed by atoms with van der Waals surface area (Å²) in [6.45, 7) is 2.24. The highest BCUT2D eigenvalue weighted by molar-refractivity contribution is 5.90. The molecule has 136 valence electrons. The number of benzene rings is 1. The molecule has 1 rings (SSSR count). The molecule has 0 fully saturated rings. The van der Waals surface area contributed by atoms with E-state index in [1.54, 1.807) is 0 Å². The maximum absolute atomic E-state index is 13.8. The summed E-state index contributed by atoms with van der Waals surface area (Å²) in [5, 5.41) is 0. The van der Waals surface area contributed by atoms with Gasteiger partial charge < -0.3 is 4.74 Å². The molecule has 0 saturated carbocycles. The molecule has 0 aliphatic rings. The molecule has 0 atom stereocenters. The van der Waals surface area contributed by atoms with Crippen LogP contribution >= 0.6 is 0 Å². The summed E-state index contributed by atoms with van der Waals surface area (Å²) >= 11 is 0. The van der Waals surface area contributed by atoms with E-state index in [1.807, 2.05) is 0 Å². The van der Waals surface area contributed by atoms with E-state index in [9.17, 15) is 22.4 Å². The van der Waals surface area contributed by atoms with E-state index in [-0.39, 0.29) is 6.61 Å². The van der Waals surface area contributed by atoms with Crippen LogP contribution in [0, 0.1) is 5.82 Å². The number of alkyl halides is 3. The zero-order chi connectivity index (χ0) is 18.0. The van der Waals surface area contributed by atoms with E-state index in [4.69, 9.17) is 4.74 Å². The van der Waals surface area contributed by atoms with Crippen LogP contribution in [0.15, 0.2) is 18.2 Å². The lowest BCUT2D eigenvalue weighted by molar-refractivity contribution is -0.140. The van der Waals surface area contributed by atoms with Gasteiger partial charge in [0.05, 0.1) is 17.7 Å². The minimum atomic E-state index is -4.84. The maximum Gasteiger partial charge on any atom is 0.419 e. The Morgan fingerprint density at radius 3 is 2.17 bits per heavy atom. The number of unbranched alkanes of at least 4 members (excludes halogenated alkanes) is 7. The van der Waals surface area contributed by atoms with Crippen LogP contribution in [0.4, 0.5) is 17.6 Å². The molecule has 0 aliphatic carbocycles. The van der Waals surface area contributed by atoms with Gasteiger partial charge in [0.1, 0.15) is 5.82 Å². The molecule has 0 heterocycles. The summed E-state index contributed by atoms with van der Waals surface area (Å²) in [6.07, 6.45) is 3.66. The highest BCUT2D eigenvalue weighted by Gasteiger charge is 2.35. The van der Waals surface area contributed by atoms with Crippen LogP contribution in [0.1, 0.15) is 74.2 Å². The molecule has 0 bridgehead atoms. The standard InChI is InChI=1S/C18H24F4O2/c1-2-3-4-5-6-7-8-9-13-24-17(23)14-11-10-12-15(16(14)19)18(20,21)22/h10-12H,2-9,13H2,1H3. The lowest BCUT2D eigenvalue weighted by Crippen LogP contribution is -2.14. The average Bonchev–Trinajstić information content (AvgIpc) is 2.52. The van der Waals surface area contributed by atoms with Gasteiger partial charge in [0.15, 0.2) is 0 Å². The molecule has 0 aromatic heterocycles. The van der Waals surface area contributed by atoms with Gasteiger partial charge in [-0.25, -0.2) is 9.18 Å². The van der Waals surface area contributed by atoms with Crippen LogP contribution in [-0.2, 0) is 10.9 Å². The lowest BCUT2D eigenvalue weighted by atomic mass is 10.1. The smallest absolute Gasteiger partial charge is 0.419 e. The Bertz CT molecular complexity index is 512. The van der Waals surface area contributed by atoms with Gasteiger partial charge in [0.25, 0.3) is 0 Å². The fourth-order valence-electron chi connectivity index (χ4n) is 2.39. The van der Waals surface area contributed by atoms with E-state index in [1.165, 1.54) is 25.7 Å². The summed E-state index contributed by atoms with van der Waals surface area (Å²) in [5.41, 5.74) is -2.13. The zero-order valence-electron chi connectivity index (χ0n) is 13.9. The monoisotopic (exact) mass is 348 g/mol. The second kappa shape index (κ2) is 10.3. The summed E-state index contributed by atoms with van der Waals surface area (Å²) in [6, 6.07) is 2.60. The second-order valence-electron chi connectivity index (χ2n) is 5.78. The van der Waals surface area contributed by atoms with Gasteiger partial charge in [-0.2, -0.15) is 13.2 Å². The number of halogens is 4. The molecule has 1 aromatic rings. The Morgan fingerprint density at radius 1 is 1.00 bits per heavy atom. The summed E-state index contributed by atoms with van der Waals surface area (Å²) in [7, 11) is 0. The molecule has 0 amide bonds. The van der Waals surface area contributed by atoms with Crippen molar-refractivity contribution in [1.29, 1.82) is 0 Å². The molecule has 24 heavy (non-hydrogen) atoms. The summed E-state index contributed by atoms with van der Waals surface area (Å²) in [5.74, 6) is -2.63. The lowest BCUT2D eigenvalue weighted by Gasteiger charge is -2.11. The first-order valence-corrected chi connectivity index (χ1v) is 8.40. The minimum Gasteiger partial charge on any atom is -0.462 e. The number of carbonyl (C=O) groups excluding carboxylic acids is 1. The Labute approximate surface area is 140 Å². The first kappa shape index (κ1) is 20.5. The van der Waals surface area contributed by atoms with E-state index in [0.717, 1.165) is 31.4 Å². The first-order valence-electron chi connectivity index (χ1n) is 8.40. The molecular weight excluding hydrogens is 324 g/mol. The number of carbonyl (C=O) groups is 1. The molecule has 0 radical (unpaired) electrons. The minimum absolute atomic E-state index is 0.0868. The van der Waals surface area contributed by atoms with Gasteiger partial charge in [0.2, 0.25) is 0 Å². The first-order chi connectivity index (χ1) is 11.4. The van der Waals surface area contributed by atoms with Crippen LogP contribution in [-0.4, -0.2) is 12.6 Å². The summed E-state index contributed by atoms with van der Waals surface area (Å²) in [4.78, 5) is 11.7. The molecule has 0 aliphatic heterocycles. The Balaban J connectivity index is 2.34. The number of hydrogen-bond acceptors (Lipinski definition) is 2. The SMILES string of the molecule is CCCCCCCCCCOC(=O)c1cccc(C(F)(F)F)c1F. The number of rotatable bonds is 10. The predicted octanol–water partition coefficient (Wildman–Crippen LogP) is 6.14. The number of ether oxygens (including phenoxy) is 1. The number of hydrogen-bond donors (Lipinski definition) is 0. The van der Waals surface area contributed by atoms with Crippen molar-refractivity contribution in [3.63, 3.8) is 0 Å². The van der Waals surface area contributed by atoms with Gasteiger partial charge in [-0.1, -0.05) is 57.9 Å². The molecule has 0 spiro atoms. The van der Waals surface area contributed by atoms with Crippen LogP contribution in [0.3, 0.4) is 0 Å². The van der Waals surface area contributed by atoms with Gasteiger partial charge in [-0.3, -0.25) is 0 Å². The normalized spacial score (nSPS) is 11.5. The third-order valence-corrected chi connectivity index (χ3v) is 3.76. The van der Waals surface area contributed by atoms with E-state index in [2.05, 4.69) is 6.92 Å². The molecule has 0 N–H and O–H groups in total. The molecule has 1 aromatic carbocycles. The van der Waals surface area contributed by atoms with Crippen LogP contribution < -0.4 is 0 Å². The van der Waals surface area contributed by atoms with Crippen LogP contribution in [0.2, 0.25) is 0 Å². The third kappa shape index (κ3) is 6.89. The van der Waals surface area contributed by atoms with Crippen molar-refractivity contribution >= 4 is 5.97 Å². The van der Waals surface area contributed by atoms with Crippen molar-refractivity contribution in [1.82, 2.24) is 0 Å². The van der Waals surface area contributed by atoms with Gasteiger partial charge in [-0.05, 0) is 18.6 Å². The van der Waals surface area contributed by atoms with Crippen LogP contribution in [0.25, 0.3) is 0 Å². The fraction of sp³-hybridized carbons (Fsp3) is 0.611. The van der Waals surface area contributed by atoms with E-state index in [0.29, 0.717) is 12.5 Å². The highest BCUT2D eigenvalue weighted by Crippen LogP contribution is 2.32. The zero-order valence-corrected chi connectivity index (χ0v) is 13.9. The average molecular weight is 348 g/mol. The van der Waals surface area contributed by atoms with Crippen molar-refractivity contribution in [2.75, 3.05) is 6.61 Å². The second-order valence-corrected chi connectivity index (χ2v) is 5.78. The van der Waals surface area contributed by atoms with Gasteiger partial charge in [0, 0.05) is 0 Å². The van der Waals surface area contributed by atoms with E-state index < -0.39 is 29.1 Å². The van der Waals surface area contributed by atoms with Crippen molar-refractivity contribution in [3.8, 4) is 0 Å². The molecule has 6 heteroatoms. The summed E-state index contributed by atoms with van der Waals surface area (Å²) < 4.78 is 56.5. The van der Waals surface area contributed by atoms with Gasteiger partial charge >= 0.3 is 12.1 Å². The topological polar surface area (TPSA) is 26.3 Å². The molecule has 2 nitrogen and oxygen atoms in total. The van der Waals surface area contributed by atoms with Crippen molar-refractivity contribution < 1.29 is 27.1 Å². The molecule has 0 saturated heterocycles. The van der Waals surface area contributed by atoms with Crippen molar-refractivity contribution in [3.05, 3.63) is 35.1 Å². The molecule has 0 unspecified atom stereocenters. The quantitative estimate of drug-likeness (QED) is 0.288. The Morgan fingerprint density at radius 2 is 1.58 bits per heavy atom. The highest BCUT2D eigenvalue weighted by atomic mass is 19.4. The fourth-order valence-corrected chi connectivity index (χ4v) is 2.39. The Hall–Kier alpha value is -1.59.